The molecular weight excluding hydrogens is 250 g/mol. The van der Waals surface area contributed by atoms with Crippen LogP contribution in [0.1, 0.15) is 18.4 Å². The summed E-state index contributed by atoms with van der Waals surface area (Å²) in [5.41, 5.74) is 1.35. The van der Waals surface area contributed by atoms with E-state index in [9.17, 15) is 0 Å². The fourth-order valence-corrected chi connectivity index (χ4v) is 2.59. The minimum Gasteiger partial charge on any atom is -0.350 e. The molecule has 0 spiro atoms. The van der Waals surface area contributed by atoms with Crippen LogP contribution in [0.5, 0.6) is 0 Å². The monoisotopic (exact) mass is 275 g/mol. The lowest BCUT2D eigenvalue weighted by atomic mass is 10.0. The molecule has 0 amide bonds. The van der Waals surface area contributed by atoms with Crippen LogP contribution in [0.3, 0.4) is 0 Å². The normalized spacial score (nSPS) is 17.5. The van der Waals surface area contributed by atoms with Gasteiger partial charge in [-0.15, -0.1) is 6.58 Å². The van der Waals surface area contributed by atoms with Gasteiger partial charge in [-0.25, -0.2) is 0 Å². The van der Waals surface area contributed by atoms with E-state index in [0.717, 1.165) is 39.1 Å². The summed E-state index contributed by atoms with van der Waals surface area (Å²) >= 11 is 0. The Balaban J connectivity index is 1.77. The Morgan fingerprint density at radius 3 is 2.65 bits per heavy atom. The molecule has 3 heteroatoms. The SMILES string of the molecule is C=CC[C@H](CCN(C)Cc1ccccc1)C1OCCO1. The van der Waals surface area contributed by atoms with E-state index in [0.29, 0.717) is 5.92 Å². The quantitative estimate of drug-likeness (QED) is 0.681. The topological polar surface area (TPSA) is 21.7 Å². The van der Waals surface area contributed by atoms with Crippen LogP contribution in [-0.4, -0.2) is 38.0 Å². The molecule has 1 aromatic carbocycles. The average Bonchev–Trinajstić information content (AvgIpc) is 2.98. The Morgan fingerprint density at radius 1 is 1.30 bits per heavy atom. The van der Waals surface area contributed by atoms with Crippen molar-refractivity contribution in [2.24, 2.45) is 5.92 Å². The predicted molar refractivity (Wildman–Crippen MR) is 81.4 cm³/mol. The molecule has 0 saturated carbocycles. The van der Waals surface area contributed by atoms with Gasteiger partial charge in [-0.05, 0) is 32.0 Å². The summed E-state index contributed by atoms with van der Waals surface area (Å²) in [4.78, 5) is 2.35. The Hall–Kier alpha value is -1.16. The van der Waals surface area contributed by atoms with Crippen LogP contribution in [0.4, 0.5) is 0 Å². The lowest BCUT2D eigenvalue weighted by molar-refractivity contribution is -0.0858. The van der Waals surface area contributed by atoms with Gasteiger partial charge < -0.3 is 14.4 Å². The third-order valence-corrected chi connectivity index (χ3v) is 3.68. The maximum atomic E-state index is 5.63. The minimum absolute atomic E-state index is 0.0434. The number of allylic oxidation sites excluding steroid dienone is 1. The Bertz CT molecular complexity index is 387. The van der Waals surface area contributed by atoms with E-state index < -0.39 is 0 Å². The fourth-order valence-electron chi connectivity index (χ4n) is 2.59. The van der Waals surface area contributed by atoms with Gasteiger partial charge in [0.1, 0.15) is 0 Å². The van der Waals surface area contributed by atoms with Crippen molar-refractivity contribution in [3.05, 3.63) is 48.6 Å². The number of hydrogen-bond acceptors (Lipinski definition) is 3. The molecule has 20 heavy (non-hydrogen) atoms. The number of rotatable bonds is 8. The zero-order chi connectivity index (χ0) is 14.2. The maximum absolute atomic E-state index is 5.63. The van der Waals surface area contributed by atoms with Gasteiger partial charge in [0.25, 0.3) is 0 Å². The van der Waals surface area contributed by atoms with Gasteiger partial charge in [-0.2, -0.15) is 0 Å². The standard InChI is InChI=1S/C17H25NO2/c1-3-7-16(17-19-12-13-20-17)10-11-18(2)14-15-8-5-4-6-9-15/h3-6,8-9,16-17H,1,7,10-14H2,2H3/t16-/m1/s1. The second-order valence-electron chi connectivity index (χ2n) is 5.41. The zero-order valence-corrected chi connectivity index (χ0v) is 12.3. The van der Waals surface area contributed by atoms with Crippen LogP contribution in [0, 0.1) is 5.92 Å². The van der Waals surface area contributed by atoms with E-state index in [1.165, 1.54) is 5.56 Å². The van der Waals surface area contributed by atoms with E-state index >= 15 is 0 Å². The highest BCUT2D eigenvalue weighted by Crippen LogP contribution is 2.22. The van der Waals surface area contributed by atoms with Gasteiger partial charge in [-0.1, -0.05) is 36.4 Å². The van der Waals surface area contributed by atoms with Crippen LogP contribution < -0.4 is 0 Å². The number of ether oxygens (including phenoxy) is 2. The molecule has 3 nitrogen and oxygen atoms in total. The van der Waals surface area contributed by atoms with Crippen LogP contribution >= 0.6 is 0 Å². The van der Waals surface area contributed by atoms with Crippen molar-refractivity contribution in [3.63, 3.8) is 0 Å². The van der Waals surface area contributed by atoms with E-state index in [2.05, 4.69) is 48.9 Å². The summed E-state index contributed by atoms with van der Waals surface area (Å²) < 4.78 is 11.3. The molecule has 0 radical (unpaired) electrons. The molecular formula is C17H25NO2. The Morgan fingerprint density at radius 2 is 2.00 bits per heavy atom. The first-order valence-corrected chi connectivity index (χ1v) is 7.36. The molecule has 0 N–H and O–H groups in total. The van der Waals surface area contributed by atoms with Gasteiger partial charge in [0.15, 0.2) is 6.29 Å². The first-order valence-electron chi connectivity index (χ1n) is 7.36. The van der Waals surface area contributed by atoms with Gasteiger partial charge in [0.05, 0.1) is 13.2 Å². The highest BCUT2D eigenvalue weighted by atomic mass is 16.7. The number of benzene rings is 1. The van der Waals surface area contributed by atoms with Gasteiger partial charge in [0, 0.05) is 12.5 Å². The number of hydrogen-bond donors (Lipinski definition) is 0. The zero-order valence-electron chi connectivity index (χ0n) is 12.3. The predicted octanol–water partition coefficient (Wildman–Crippen LogP) is 3.07. The molecule has 1 aliphatic rings. The van der Waals surface area contributed by atoms with Crippen molar-refractivity contribution in [1.29, 1.82) is 0 Å². The lowest BCUT2D eigenvalue weighted by Gasteiger charge is -2.24. The highest BCUT2D eigenvalue weighted by molar-refractivity contribution is 5.14. The summed E-state index contributed by atoms with van der Waals surface area (Å²) in [6, 6.07) is 10.6. The third-order valence-electron chi connectivity index (χ3n) is 3.68. The van der Waals surface area contributed by atoms with E-state index in [1.54, 1.807) is 0 Å². The third kappa shape index (κ3) is 4.75. The molecule has 0 bridgehead atoms. The largest absolute Gasteiger partial charge is 0.350 e. The van der Waals surface area contributed by atoms with Crippen molar-refractivity contribution in [2.45, 2.75) is 25.7 Å². The van der Waals surface area contributed by atoms with E-state index in [1.807, 2.05) is 6.08 Å². The van der Waals surface area contributed by atoms with Gasteiger partial charge in [-0.3, -0.25) is 0 Å². The van der Waals surface area contributed by atoms with Crippen LogP contribution in [0.15, 0.2) is 43.0 Å². The molecule has 0 aromatic heterocycles. The maximum Gasteiger partial charge on any atom is 0.160 e. The van der Waals surface area contributed by atoms with Crippen molar-refractivity contribution in [3.8, 4) is 0 Å². The second kappa shape index (κ2) is 8.20. The molecule has 1 atom stereocenters. The molecule has 1 saturated heterocycles. The molecule has 1 fully saturated rings. The molecule has 0 unspecified atom stereocenters. The summed E-state index contributed by atoms with van der Waals surface area (Å²) in [5.74, 6) is 0.410. The van der Waals surface area contributed by atoms with Crippen LogP contribution in [-0.2, 0) is 16.0 Å². The Kier molecular flexibility index (Phi) is 6.25. The fraction of sp³-hybridized carbons (Fsp3) is 0.529. The first kappa shape index (κ1) is 15.2. The summed E-state index contributed by atoms with van der Waals surface area (Å²) in [5, 5.41) is 0. The molecule has 1 aromatic rings. The summed E-state index contributed by atoms with van der Waals surface area (Å²) in [6.07, 6.45) is 3.94. The van der Waals surface area contributed by atoms with Crippen molar-refractivity contribution < 1.29 is 9.47 Å². The molecule has 1 aliphatic heterocycles. The first-order chi connectivity index (χ1) is 9.79. The highest BCUT2D eigenvalue weighted by Gasteiger charge is 2.25. The second-order valence-corrected chi connectivity index (χ2v) is 5.41. The summed E-state index contributed by atoms with van der Waals surface area (Å²) in [7, 11) is 2.16. The van der Waals surface area contributed by atoms with Gasteiger partial charge in [0.2, 0.25) is 0 Å². The van der Waals surface area contributed by atoms with Crippen molar-refractivity contribution >= 4 is 0 Å². The lowest BCUT2D eigenvalue weighted by Crippen LogP contribution is -2.27. The van der Waals surface area contributed by atoms with Crippen LogP contribution in [0.25, 0.3) is 0 Å². The van der Waals surface area contributed by atoms with Gasteiger partial charge >= 0.3 is 0 Å². The average molecular weight is 275 g/mol. The van der Waals surface area contributed by atoms with E-state index in [4.69, 9.17) is 9.47 Å². The van der Waals surface area contributed by atoms with Crippen molar-refractivity contribution in [1.82, 2.24) is 4.90 Å². The molecule has 110 valence electrons. The Labute approximate surface area is 122 Å². The smallest absolute Gasteiger partial charge is 0.160 e. The minimum atomic E-state index is -0.0434. The number of nitrogens with zero attached hydrogens (tertiary/aromatic N) is 1. The van der Waals surface area contributed by atoms with E-state index in [-0.39, 0.29) is 6.29 Å². The molecule has 1 heterocycles. The summed E-state index contributed by atoms with van der Waals surface area (Å²) in [6.45, 7) is 7.30. The molecule has 2 rings (SSSR count). The molecule has 0 aliphatic carbocycles. The van der Waals surface area contributed by atoms with Crippen LogP contribution in [0.2, 0.25) is 0 Å². The van der Waals surface area contributed by atoms with Crippen molar-refractivity contribution in [2.75, 3.05) is 26.8 Å².